The first-order valence-corrected chi connectivity index (χ1v) is 15.2. The lowest BCUT2D eigenvalue weighted by molar-refractivity contribution is 0.0511. The Labute approximate surface area is 263 Å². The fourth-order valence-electron chi connectivity index (χ4n) is 4.63. The van der Waals surface area contributed by atoms with Crippen molar-refractivity contribution < 1.29 is 23.8 Å². The van der Waals surface area contributed by atoms with Crippen molar-refractivity contribution in [3.05, 3.63) is 79.8 Å². The predicted octanol–water partition coefficient (Wildman–Crippen LogP) is 8.14. The Hall–Kier alpha value is -3.57. The largest absolute Gasteiger partial charge is 0.481 e. The first kappa shape index (κ1) is 31.4. The van der Waals surface area contributed by atoms with E-state index in [0.717, 1.165) is 43.8 Å². The van der Waals surface area contributed by atoms with Crippen LogP contribution in [0.3, 0.4) is 0 Å². The molecule has 0 fully saturated rings. The zero-order chi connectivity index (χ0) is 30.4. The summed E-state index contributed by atoms with van der Waals surface area (Å²) in [6.07, 6.45) is 3.40. The summed E-state index contributed by atoms with van der Waals surface area (Å²) in [7, 11) is 1.54. The molecule has 8 nitrogen and oxygen atoms in total. The van der Waals surface area contributed by atoms with Crippen molar-refractivity contribution in [1.29, 1.82) is 0 Å². The number of pyridine rings is 1. The predicted molar refractivity (Wildman–Crippen MR) is 175 cm³/mol. The molecule has 3 heterocycles. The summed E-state index contributed by atoms with van der Waals surface area (Å²) in [5.74, 6) is -0.308. The van der Waals surface area contributed by atoms with Crippen LogP contribution in [0.15, 0.2) is 48.7 Å². The Morgan fingerprint density at radius 3 is 1.95 bits per heavy atom. The highest BCUT2D eigenvalue weighted by Gasteiger charge is 2.24. The van der Waals surface area contributed by atoms with Gasteiger partial charge in [0.2, 0.25) is 5.88 Å². The topological polar surface area (TPSA) is 106 Å². The lowest BCUT2D eigenvalue weighted by Crippen LogP contribution is -2.07. The maximum atomic E-state index is 12.5. The summed E-state index contributed by atoms with van der Waals surface area (Å²) >= 11 is 8.34. The number of halogens is 2. The second-order valence-electron chi connectivity index (χ2n) is 9.31. The van der Waals surface area contributed by atoms with E-state index >= 15 is 0 Å². The van der Waals surface area contributed by atoms with Crippen LogP contribution < -0.4 is 4.74 Å². The van der Waals surface area contributed by atoms with E-state index in [2.05, 4.69) is 69.6 Å². The summed E-state index contributed by atoms with van der Waals surface area (Å²) in [6, 6.07) is 14.0. The minimum Gasteiger partial charge on any atom is -0.481 e. The van der Waals surface area contributed by atoms with Crippen LogP contribution in [0.2, 0.25) is 5.02 Å². The van der Waals surface area contributed by atoms with Gasteiger partial charge >= 0.3 is 11.9 Å². The number of carbonyl (C=O) groups excluding carboxylic acids is 2. The Balaban J connectivity index is 0.000000208. The van der Waals surface area contributed by atoms with Crippen molar-refractivity contribution in [2.45, 2.75) is 40.5 Å². The quantitative estimate of drug-likeness (QED) is 0.125. The Kier molecular flexibility index (Phi) is 10.5. The number of fused-ring (bicyclic) bond motifs is 2. The molecule has 0 atom stereocenters. The van der Waals surface area contributed by atoms with Gasteiger partial charge in [-0.3, -0.25) is 0 Å². The molecule has 0 amide bonds. The van der Waals surface area contributed by atoms with Crippen LogP contribution in [0, 0.1) is 3.57 Å². The first-order chi connectivity index (χ1) is 20.3. The molecule has 0 radical (unpaired) electrons. The van der Waals surface area contributed by atoms with E-state index in [4.69, 9.17) is 25.8 Å². The van der Waals surface area contributed by atoms with Gasteiger partial charge in [0.05, 0.1) is 28.9 Å². The summed E-state index contributed by atoms with van der Waals surface area (Å²) in [4.78, 5) is 34.7. The van der Waals surface area contributed by atoms with Crippen LogP contribution in [0.1, 0.15) is 59.8 Å². The van der Waals surface area contributed by atoms with Gasteiger partial charge in [0.15, 0.2) is 0 Å². The van der Waals surface area contributed by atoms with Gasteiger partial charge in [-0.25, -0.2) is 14.6 Å². The molecule has 0 aliphatic rings. The van der Waals surface area contributed by atoms with Gasteiger partial charge in [-0.15, -0.1) is 0 Å². The third-order valence-electron chi connectivity index (χ3n) is 6.72. The highest BCUT2D eigenvalue weighted by Crippen LogP contribution is 2.39. The maximum absolute atomic E-state index is 12.5. The molecule has 2 N–H and O–H groups in total. The summed E-state index contributed by atoms with van der Waals surface area (Å²) in [5.41, 5.74) is 6.52. The van der Waals surface area contributed by atoms with Gasteiger partial charge in [-0.05, 0) is 90.7 Å². The molecule has 0 saturated carbocycles. The van der Waals surface area contributed by atoms with E-state index in [1.807, 2.05) is 25.1 Å². The lowest BCUT2D eigenvalue weighted by atomic mass is 10.0. The number of hydrogen-bond acceptors (Lipinski definition) is 6. The molecule has 0 aliphatic heterocycles. The molecule has 10 heteroatoms. The zero-order valence-electron chi connectivity index (χ0n) is 24.2. The number of aromatic nitrogens is 3. The van der Waals surface area contributed by atoms with Gasteiger partial charge in [-0.1, -0.05) is 37.6 Å². The van der Waals surface area contributed by atoms with Gasteiger partial charge < -0.3 is 24.2 Å². The number of esters is 2. The number of H-pyrrole nitrogens is 2. The van der Waals surface area contributed by atoms with Gasteiger partial charge in [0.25, 0.3) is 0 Å². The summed E-state index contributed by atoms with van der Waals surface area (Å²) in [6.45, 7) is 8.47. The maximum Gasteiger partial charge on any atom is 0.355 e. The number of carbonyl (C=O) groups is 2. The molecule has 0 aliphatic carbocycles. The molecule has 2 aromatic carbocycles. The first-order valence-electron chi connectivity index (χ1n) is 13.7. The number of aryl methyl sites for hydroxylation is 2. The number of hydrogen-bond donors (Lipinski definition) is 2. The van der Waals surface area contributed by atoms with E-state index in [0.29, 0.717) is 46.6 Å². The Morgan fingerprint density at radius 2 is 1.38 bits per heavy atom. The van der Waals surface area contributed by atoms with Crippen molar-refractivity contribution in [2.24, 2.45) is 0 Å². The van der Waals surface area contributed by atoms with Gasteiger partial charge in [0, 0.05) is 39.1 Å². The number of benzene rings is 2. The summed E-state index contributed by atoms with van der Waals surface area (Å²) < 4.78 is 16.6. The standard InChI is InChI=1S/C19H19ClN2O3.C13H14INO2/c1-4-11-6-7-15-13(8-11)16(17(22-15)19(23)25-5-2)14-9-12(20)10-21-18(14)24-3;1-3-8-5-6-10-9(7-8)11(14)12(15-10)13(16)17-4-2/h6-10,22H,4-5H2,1-3H3;5-7,15H,3-4H2,1-2H3. The Morgan fingerprint density at radius 1 is 0.833 bits per heavy atom. The summed E-state index contributed by atoms with van der Waals surface area (Å²) in [5, 5.41) is 2.46. The normalized spacial score (nSPS) is 10.8. The zero-order valence-corrected chi connectivity index (χ0v) is 27.1. The number of aromatic amines is 2. The van der Waals surface area contributed by atoms with Crippen LogP contribution in [0.5, 0.6) is 5.88 Å². The third kappa shape index (κ3) is 6.57. The minimum atomic E-state index is -0.422. The smallest absolute Gasteiger partial charge is 0.355 e. The molecule has 5 rings (SSSR count). The van der Waals surface area contributed by atoms with Crippen molar-refractivity contribution in [3.8, 4) is 17.0 Å². The van der Waals surface area contributed by atoms with E-state index in [1.54, 1.807) is 13.0 Å². The van der Waals surface area contributed by atoms with Crippen molar-refractivity contribution in [2.75, 3.05) is 20.3 Å². The molecular weight excluding hydrogens is 669 g/mol. The average molecular weight is 702 g/mol. The second-order valence-corrected chi connectivity index (χ2v) is 10.8. The number of nitrogens with zero attached hydrogens (tertiary/aromatic N) is 1. The Bertz CT molecular complexity index is 1740. The molecule has 3 aromatic heterocycles. The second kappa shape index (κ2) is 14.1. The van der Waals surface area contributed by atoms with E-state index in [9.17, 15) is 9.59 Å². The highest BCUT2D eigenvalue weighted by atomic mass is 127. The number of methoxy groups -OCH3 is 1. The van der Waals surface area contributed by atoms with Crippen LogP contribution >= 0.6 is 34.2 Å². The van der Waals surface area contributed by atoms with E-state index < -0.39 is 5.97 Å². The molecule has 0 unspecified atom stereocenters. The molecule has 42 heavy (non-hydrogen) atoms. The average Bonchev–Trinajstić information content (AvgIpc) is 3.54. The highest BCUT2D eigenvalue weighted by molar-refractivity contribution is 14.1. The van der Waals surface area contributed by atoms with Crippen LogP contribution in [-0.4, -0.2) is 47.2 Å². The lowest BCUT2D eigenvalue weighted by Gasteiger charge is -2.10. The fourth-order valence-corrected chi connectivity index (χ4v) is 5.59. The van der Waals surface area contributed by atoms with Crippen LogP contribution in [0.25, 0.3) is 32.9 Å². The number of ether oxygens (including phenoxy) is 3. The van der Waals surface area contributed by atoms with Crippen LogP contribution in [-0.2, 0) is 22.3 Å². The third-order valence-corrected chi connectivity index (χ3v) is 8.05. The molecule has 0 saturated heterocycles. The molecular formula is C32H33ClIN3O5. The molecule has 5 aromatic rings. The molecule has 220 valence electrons. The van der Waals surface area contributed by atoms with E-state index in [1.165, 1.54) is 18.9 Å². The van der Waals surface area contributed by atoms with E-state index in [-0.39, 0.29) is 5.97 Å². The van der Waals surface area contributed by atoms with Crippen molar-refractivity contribution in [1.82, 2.24) is 15.0 Å². The number of nitrogens with one attached hydrogen (secondary N) is 2. The molecule has 0 bridgehead atoms. The van der Waals surface area contributed by atoms with Crippen LogP contribution in [0.4, 0.5) is 0 Å². The van der Waals surface area contributed by atoms with Gasteiger partial charge in [0.1, 0.15) is 11.4 Å². The fraction of sp³-hybridized carbons (Fsp3) is 0.281. The minimum absolute atomic E-state index is 0.286. The SMILES string of the molecule is CCOC(=O)c1[nH]c2ccc(CC)cc2c1-c1cc(Cl)cnc1OC.CCOC(=O)c1[nH]c2ccc(CC)cc2c1I. The molecule has 0 spiro atoms. The van der Waals surface area contributed by atoms with Crippen molar-refractivity contribution >= 4 is 67.9 Å². The number of rotatable bonds is 8. The van der Waals surface area contributed by atoms with Gasteiger partial charge in [-0.2, -0.15) is 0 Å². The van der Waals surface area contributed by atoms with Crippen molar-refractivity contribution in [3.63, 3.8) is 0 Å². The monoisotopic (exact) mass is 701 g/mol.